The number of rotatable bonds is 3. The van der Waals surface area contributed by atoms with E-state index >= 15 is 0 Å². The van der Waals surface area contributed by atoms with Crippen molar-refractivity contribution in [2.24, 2.45) is 17.8 Å². The number of carbonyl (C=O) groups excluding carboxylic acids is 1. The lowest BCUT2D eigenvalue weighted by Crippen LogP contribution is -2.74. The van der Waals surface area contributed by atoms with Gasteiger partial charge in [0.1, 0.15) is 6.17 Å². The van der Waals surface area contributed by atoms with Crippen LogP contribution in [-0.2, 0) is 4.79 Å². The fourth-order valence-electron chi connectivity index (χ4n) is 5.52. The van der Waals surface area contributed by atoms with Crippen molar-refractivity contribution in [1.29, 1.82) is 0 Å². The van der Waals surface area contributed by atoms with Crippen LogP contribution in [0.5, 0.6) is 0 Å². The van der Waals surface area contributed by atoms with Crippen molar-refractivity contribution in [3.05, 3.63) is 12.7 Å². The molecule has 3 heterocycles. The normalized spacial score (nSPS) is 40.8. The number of halogens is 3. The predicted octanol–water partition coefficient (Wildman–Crippen LogP) is 0.431. The molecule has 0 bridgehead atoms. The average molecular weight is 432 g/mol. The molecule has 0 aromatic rings. The largest absolute Gasteiger partial charge is 0.391 e. The second-order valence-corrected chi connectivity index (χ2v) is 8.96. The van der Waals surface area contributed by atoms with Crippen molar-refractivity contribution >= 4 is 5.91 Å². The standard InChI is InChI=1S/C19H32F3N7O/c1-3-15(30)29-9-8-13-14(10-29)23-17(24-16(13)18-25-27-28(2)26-18)11-4-6-12(7-5-11)19(20,21)22/h3,11-14,16-18,23-27H,1,4-10H2,2H3. The summed E-state index contributed by atoms with van der Waals surface area (Å²) in [5, 5.41) is 9.08. The second kappa shape index (κ2) is 8.71. The minimum absolute atomic E-state index is 0.0553. The molecule has 8 nitrogen and oxygen atoms in total. The average Bonchev–Trinajstić information content (AvgIpc) is 3.17. The third kappa shape index (κ3) is 4.51. The zero-order valence-electron chi connectivity index (χ0n) is 17.2. The Hall–Kier alpha value is -1.24. The van der Waals surface area contributed by atoms with Crippen LogP contribution in [-0.4, -0.2) is 66.7 Å². The van der Waals surface area contributed by atoms with Gasteiger partial charge in [0.2, 0.25) is 5.91 Å². The van der Waals surface area contributed by atoms with E-state index in [0.29, 0.717) is 25.9 Å². The quantitative estimate of drug-likeness (QED) is 0.415. The fourth-order valence-corrected chi connectivity index (χ4v) is 5.52. The number of carbonyl (C=O) groups is 1. The first-order chi connectivity index (χ1) is 14.3. The molecule has 1 aliphatic carbocycles. The first-order valence-corrected chi connectivity index (χ1v) is 10.8. The molecule has 170 valence electrons. The Morgan fingerprint density at radius 1 is 1.10 bits per heavy atom. The van der Waals surface area contributed by atoms with E-state index in [0.717, 1.165) is 6.42 Å². The molecule has 0 aromatic carbocycles. The van der Waals surface area contributed by atoms with Crippen molar-refractivity contribution in [2.75, 3.05) is 20.1 Å². The number of hydrogen-bond acceptors (Lipinski definition) is 7. The van der Waals surface area contributed by atoms with Gasteiger partial charge in [-0.15, -0.1) is 0 Å². The summed E-state index contributed by atoms with van der Waals surface area (Å²) in [6, 6.07) is 0.147. The van der Waals surface area contributed by atoms with Crippen LogP contribution in [0.4, 0.5) is 13.2 Å². The van der Waals surface area contributed by atoms with Crippen LogP contribution in [0, 0.1) is 17.8 Å². The zero-order chi connectivity index (χ0) is 21.5. The van der Waals surface area contributed by atoms with Gasteiger partial charge < -0.3 is 4.90 Å². The molecule has 1 amide bonds. The van der Waals surface area contributed by atoms with Gasteiger partial charge in [0.05, 0.1) is 12.1 Å². The Kier molecular flexibility index (Phi) is 6.38. The lowest BCUT2D eigenvalue weighted by atomic mass is 9.76. The molecule has 0 aromatic heterocycles. The van der Waals surface area contributed by atoms with E-state index in [1.807, 2.05) is 7.05 Å². The molecule has 5 unspecified atom stereocenters. The molecule has 1 saturated carbocycles. The van der Waals surface area contributed by atoms with Gasteiger partial charge in [-0.1, -0.05) is 6.58 Å². The maximum absolute atomic E-state index is 13.1. The number of piperidine rings is 1. The highest BCUT2D eigenvalue weighted by Crippen LogP contribution is 2.41. The summed E-state index contributed by atoms with van der Waals surface area (Å²) in [5.74, 6) is -0.858. The Morgan fingerprint density at radius 2 is 1.83 bits per heavy atom. The van der Waals surface area contributed by atoms with Gasteiger partial charge in [-0.3, -0.25) is 15.4 Å². The van der Waals surface area contributed by atoms with Crippen LogP contribution in [0.15, 0.2) is 12.7 Å². The highest BCUT2D eigenvalue weighted by atomic mass is 19.4. The second-order valence-electron chi connectivity index (χ2n) is 8.96. The summed E-state index contributed by atoms with van der Waals surface area (Å²) in [6.07, 6.45) is -0.625. The van der Waals surface area contributed by atoms with E-state index in [4.69, 9.17) is 0 Å². The summed E-state index contributed by atoms with van der Waals surface area (Å²) in [5.41, 5.74) is 9.59. The molecule has 30 heavy (non-hydrogen) atoms. The highest BCUT2D eigenvalue weighted by molar-refractivity contribution is 5.87. The van der Waals surface area contributed by atoms with E-state index in [1.54, 1.807) is 10.0 Å². The summed E-state index contributed by atoms with van der Waals surface area (Å²) >= 11 is 0. The van der Waals surface area contributed by atoms with Crippen LogP contribution in [0.1, 0.15) is 32.1 Å². The first kappa shape index (κ1) is 22.0. The van der Waals surface area contributed by atoms with Crippen molar-refractivity contribution in [2.45, 2.75) is 62.7 Å². The van der Waals surface area contributed by atoms with Crippen molar-refractivity contribution in [3.63, 3.8) is 0 Å². The predicted molar refractivity (Wildman–Crippen MR) is 105 cm³/mol. The van der Waals surface area contributed by atoms with Crippen molar-refractivity contribution < 1.29 is 18.0 Å². The summed E-state index contributed by atoms with van der Waals surface area (Å²) in [4.78, 5) is 14.0. The number of hydrazine groups is 3. The summed E-state index contributed by atoms with van der Waals surface area (Å²) in [7, 11) is 1.87. The Morgan fingerprint density at radius 3 is 2.43 bits per heavy atom. The lowest BCUT2D eigenvalue weighted by molar-refractivity contribution is -0.185. The first-order valence-electron chi connectivity index (χ1n) is 10.8. The van der Waals surface area contributed by atoms with Gasteiger partial charge in [0.15, 0.2) is 0 Å². The van der Waals surface area contributed by atoms with Gasteiger partial charge in [0, 0.05) is 32.2 Å². The lowest BCUT2D eigenvalue weighted by Gasteiger charge is -2.52. The Labute approximate surface area is 174 Å². The van der Waals surface area contributed by atoms with Gasteiger partial charge in [-0.25, -0.2) is 10.9 Å². The van der Waals surface area contributed by atoms with Crippen molar-refractivity contribution in [3.8, 4) is 0 Å². The number of alkyl halides is 3. The van der Waals surface area contributed by atoms with Crippen LogP contribution < -0.4 is 27.0 Å². The molecule has 5 atom stereocenters. The zero-order valence-corrected chi connectivity index (χ0v) is 17.2. The number of likely N-dealkylation sites (tertiary alicyclic amines) is 1. The van der Waals surface area contributed by atoms with Crippen LogP contribution in [0.3, 0.4) is 0 Å². The van der Waals surface area contributed by atoms with Crippen molar-refractivity contribution in [1.82, 2.24) is 37.0 Å². The van der Waals surface area contributed by atoms with Gasteiger partial charge in [0.25, 0.3) is 0 Å². The van der Waals surface area contributed by atoms with E-state index in [-0.39, 0.29) is 55.0 Å². The molecule has 3 saturated heterocycles. The number of nitrogens with zero attached hydrogens (tertiary/aromatic N) is 2. The highest BCUT2D eigenvalue weighted by Gasteiger charge is 2.48. The fraction of sp³-hybridized carbons (Fsp3) is 0.842. The number of nitrogens with one attached hydrogen (secondary N) is 5. The Bertz CT molecular complexity index is 640. The van der Waals surface area contributed by atoms with E-state index in [2.05, 4.69) is 33.6 Å². The van der Waals surface area contributed by atoms with Crippen LogP contribution in [0.25, 0.3) is 0 Å². The third-order valence-electron chi connectivity index (χ3n) is 7.17. The number of amides is 1. The SMILES string of the molecule is C=CC(=O)N1CCC2C(C1)NC(C1CCC(C(F)(F)F)CC1)NC2C1NNN(C)N1. The minimum Gasteiger partial charge on any atom is -0.338 e. The van der Waals surface area contributed by atoms with Gasteiger partial charge >= 0.3 is 6.18 Å². The van der Waals surface area contributed by atoms with Crippen LogP contribution in [0.2, 0.25) is 0 Å². The molecule has 3 aliphatic heterocycles. The van der Waals surface area contributed by atoms with E-state index < -0.39 is 12.1 Å². The summed E-state index contributed by atoms with van der Waals surface area (Å²) in [6.45, 7) is 4.84. The maximum atomic E-state index is 13.1. The molecule has 4 fully saturated rings. The monoisotopic (exact) mass is 431 g/mol. The molecule has 0 radical (unpaired) electrons. The molecule has 4 rings (SSSR count). The smallest absolute Gasteiger partial charge is 0.338 e. The van der Waals surface area contributed by atoms with Crippen LogP contribution >= 0.6 is 0 Å². The third-order valence-corrected chi connectivity index (χ3v) is 7.17. The van der Waals surface area contributed by atoms with Gasteiger partial charge in [-0.05, 0) is 50.0 Å². The van der Waals surface area contributed by atoms with E-state index in [9.17, 15) is 18.0 Å². The van der Waals surface area contributed by atoms with Gasteiger partial charge in [-0.2, -0.15) is 23.8 Å². The molecule has 5 N–H and O–H groups in total. The minimum atomic E-state index is -4.10. The van der Waals surface area contributed by atoms with E-state index in [1.165, 1.54) is 6.08 Å². The topological polar surface area (TPSA) is 83.7 Å². The molecular weight excluding hydrogens is 399 g/mol. The Balaban J connectivity index is 1.47. The number of hydrogen-bond donors (Lipinski definition) is 5. The molecule has 11 heteroatoms. The summed E-state index contributed by atoms with van der Waals surface area (Å²) < 4.78 is 39.2. The number of fused-ring (bicyclic) bond motifs is 1. The molecule has 0 spiro atoms. The molecule has 4 aliphatic rings. The maximum Gasteiger partial charge on any atom is 0.391 e. The molecular formula is C19H32F3N7O.